The summed E-state index contributed by atoms with van der Waals surface area (Å²) in [6.07, 6.45) is 3.01. The summed E-state index contributed by atoms with van der Waals surface area (Å²) in [7, 11) is 3.46. The van der Waals surface area contributed by atoms with Gasteiger partial charge in [0.05, 0.1) is 13.7 Å². The lowest BCUT2D eigenvalue weighted by molar-refractivity contribution is -0.119. The largest absolute Gasteiger partial charge is 0.496 e. The lowest BCUT2D eigenvalue weighted by atomic mass is 10.1. The molecule has 0 spiro atoms. The number of carbonyl (C=O) groups is 1. The Hall–Kier alpha value is -1.75. The topological polar surface area (TPSA) is 101 Å². The number of nitrogens with two attached hydrogens (primary N) is 1. The molecule has 1 aromatic carbocycles. The van der Waals surface area contributed by atoms with E-state index in [2.05, 4.69) is 39.6 Å². The van der Waals surface area contributed by atoms with Crippen LogP contribution >= 0.6 is 24.0 Å². The molecule has 29 heavy (non-hydrogen) atoms. The van der Waals surface area contributed by atoms with Gasteiger partial charge in [0.25, 0.3) is 0 Å². The molecule has 2 heterocycles. The Kier molecular flexibility index (Phi) is 8.81. The molecular weight excluding hydrogens is 485 g/mol. The van der Waals surface area contributed by atoms with Crippen LogP contribution in [0.15, 0.2) is 17.1 Å². The summed E-state index contributed by atoms with van der Waals surface area (Å²) >= 11 is 0. The van der Waals surface area contributed by atoms with Crippen molar-refractivity contribution >= 4 is 35.8 Å². The highest BCUT2D eigenvalue weighted by Gasteiger charge is 2.23. The van der Waals surface area contributed by atoms with Crippen molar-refractivity contribution in [3.63, 3.8) is 0 Å². The molecular formula is C20H32IN5O3. The van der Waals surface area contributed by atoms with Crippen LogP contribution in [0.25, 0.3) is 0 Å². The number of hydrogen-bond acceptors (Lipinski definition) is 5. The maximum Gasteiger partial charge on any atom is 0.231 e. The number of fused-ring (bicyclic) bond motifs is 1. The first-order chi connectivity index (χ1) is 13.5. The predicted molar refractivity (Wildman–Crippen MR) is 124 cm³/mol. The fraction of sp³-hybridized carbons (Fsp3) is 0.600. The number of guanidine groups is 1. The summed E-state index contributed by atoms with van der Waals surface area (Å²) in [6.45, 7) is 4.70. The molecule has 1 fully saturated rings. The van der Waals surface area contributed by atoms with E-state index in [0.717, 1.165) is 55.4 Å². The quantitative estimate of drug-likeness (QED) is 0.299. The summed E-state index contributed by atoms with van der Waals surface area (Å²) < 4.78 is 11.4. The fourth-order valence-electron chi connectivity index (χ4n) is 3.83. The molecule has 0 aliphatic carbocycles. The van der Waals surface area contributed by atoms with Crippen LogP contribution in [0, 0.1) is 0 Å². The average Bonchev–Trinajstić information content (AvgIpc) is 3.04. The van der Waals surface area contributed by atoms with Gasteiger partial charge in [0.1, 0.15) is 17.6 Å². The van der Waals surface area contributed by atoms with E-state index >= 15 is 0 Å². The standard InChI is InChI=1S/C20H31N5O3.HI/c1-13-8-14-9-17(27-3)15(10-18(14)28-13)11-23-20(22-2)24-16-4-6-25(7-5-16)12-19(21)26;/h9-10,13,16H,4-8,11-12H2,1-3H3,(H2,21,26)(H2,22,23,24);1H. The zero-order chi connectivity index (χ0) is 20.1. The summed E-state index contributed by atoms with van der Waals surface area (Å²) in [5, 5.41) is 6.84. The van der Waals surface area contributed by atoms with Gasteiger partial charge in [0.15, 0.2) is 5.96 Å². The summed E-state index contributed by atoms with van der Waals surface area (Å²) in [5.74, 6) is 2.28. The van der Waals surface area contributed by atoms with Gasteiger partial charge in [-0.3, -0.25) is 14.7 Å². The van der Waals surface area contributed by atoms with Crippen LogP contribution in [0.2, 0.25) is 0 Å². The zero-order valence-corrected chi connectivity index (χ0v) is 19.7. The lowest BCUT2D eigenvalue weighted by Gasteiger charge is -2.32. The molecule has 1 aromatic rings. The van der Waals surface area contributed by atoms with Gasteiger partial charge < -0.3 is 25.8 Å². The molecule has 2 aliphatic rings. The van der Waals surface area contributed by atoms with E-state index < -0.39 is 0 Å². The molecule has 162 valence electrons. The van der Waals surface area contributed by atoms with Crippen molar-refractivity contribution in [3.05, 3.63) is 23.3 Å². The number of benzene rings is 1. The van der Waals surface area contributed by atoms with Crippen LogP contribution in [0.4, 0.5) is 0 Å². The van der Waals surface area contributed by atoms with Crippen molar-refractivity contribution in [2.75, 3.05) is 33.8 Å². The molecule has 0 radical (unpaired) electrons. The van der Waals surface area contributed by atoms with Gasteiger partial charge in [-0.1, -0.05) is 0 Å². The van der Waals surface area contributed by atoms with E-state index in [1.807, 2.05) is 0 Å². The number of likely N-dealkylation sites (tertiary alicyclic amines) is 1. The Labute approximate surface area is 189 Å². The average molecular weight is 517 g/mol. The van der Waals surface area contributed by atoms with Crippen LogP contribution in [0.3, 0.4) is 0 Å². The number of aliphatic imine (C=N–C) groups is 1. The van der Waals surface area contributed by atoms with Crippen LogP contribution < -0.4 is 25.8 Å². The second-order valence-electron chi connectivity index (χ2n) is 7.49. The Morgan fingerprint density at radius 2 is 2.10 bits per heavy atom. The molecule has 8 nitrogen and oxygen atoms in total. The van der Waals surface area contributed by atoms with E-state index in [1.165, 1.54) is 5.56 Å². The predicted octanol–water partition coefficient (Wildman–Crippen LogP) is 1.25. The van der Waals surface area contributed by atoms with Gasteiger partial charge in [0, 0.05) is 50.3 Å². The second-order valence-corrected chi connectivity index (χ2v) is 7.49. The number of amides is 1. The van der Waals surface area contributed by atoms with Crippen molar-refractivity contribution in [1.82, 2.24) is 15.5 Å². The van der Waals surface area contributed by atoms with Crippen molar-refractivity contribution < 1.29 is 14.3 Å². The number of carbonyl (C=O) groups excluding carboxylic acids is 1. The monoisotopic (exact) mass is 517 g/mol. The molecule has 0 bridgehead atoms. The maximum atomic E-state index is 11.1. The Morgan fingerprint density at radius 1 is 1.38 bits per heavy atom. The third-order valence-electron chi connectivity index (χ3n) is 5.28. The molecule has 0 aromatic heterocycles. The minimum Gasteiger partial charge on any atom is -0.496 e. The molecule has 0 saturated carbocycles. The third-order valence-corrected chi connectivity index (χ3v) is 5.28. The van der Waals surface area contributed by atoms with Gasteiger partial charge in [-0.25, -0.2) is 0 Å². The first kappa shape index (κ1) is 23.5. The van der Waals surface area contributed by atoms with Crippen LogP contribution in [0.1, 0.15) is 30.9 Å². The Morgan fingerprint density at radius 3 is 2.72 bits per heavy atom. The number of halogens is 1. The van der Waals surface area contributed by atoms with Gasteiger partial charge in [-0.2, -0.15) is 0 Å². The first-order valence-corrected chi connectivity index (χ1v) is 9.82. The summed E-state index contributed by atoms with van der Waals surface area (Å²) in [4.78, 5) is 17.5. The Balaban J connectivity index is 0.00000300. The van der Waals surface area contributed by atoms with Crippen molar-refractivity contribution in [2.24, 2.45) is 10.7 Å². The van der Waals surface area contributed by atoms with Crippen molar-refractivity contribution in [2.45, 2.75) is 44.9 Å². The second kappa shape index (κ2) is 10.9. The van der Waals surface area contributed by atoms with E-state index in [4.69, 9.17) is 15.2 Å². The van der Waals surface area contributed by atoms with Crippen LogP contribution in [-0.2, 0) is 17.8 Å². The van der Waals surface area contributed by atoms with Crippen molar-refractivity contribution in [3.8, 4) is 11.5 Å². The van der Waals surface area contributed by atoms with Gasteiger partial charge >= 0.3 is 0 Å². The highest BCUT2D eigenvalue weighted by atomic mass is 127. The van der Waals surface area contributed by atoms with Gasteiger partial charge in [-0.05, 0) is 31.9 Å². The number of piperidine rings is 1. The molecule has 1 amide bonds. The maximum absolute atomic E-state index is 11.1. The molecule has 1 atom stereocenters. The van der Waals surface area contributed by atoms with Crippen LogP contribution in [-0.4, -0.2) is 62.7 Å². The number of primary amides is 1. The van der Waals surface area contributed by atoms with Gasteiger partial charge in [0.2, 0.25) is 5.91 Å². The normalized spacial score (nSPS) is 19.7. The van der Waals surface area contributed by atoms with Gasteiger partial charge in [-0.15, -0.1) is 24.0 Å². The third kappa shape index (κ3) is 6.36. The molecule has 1 saturated heterocycles. The smallest absolute Gasteiger partial charge is 0.231 e. The van der Waals surface area contributed by atoms with E-state index in [1.54, 1.807) is 14.2 Å². The summed E-state index contributed by atoms with van der Waals surface area (Å²) in [6, 6.07) is 4.45. The Bertz CT molecular complexity index is 735. The molecule has 1 unspecified atom stereocenters. The number of nitrogens with zero attached hydrogens (tertiary/aromatic N) is 2. The minimum atomic E-state index is -0.273. The highest BCUT2D eigenvalue weighted by molar-refractivity contribution is 14.0. The number of rotatable bonds is 6. The first-order valence-electron chi connectivity index (χ1n) is 9.82. The SMILES string of the molecule is CN=C(NCc1cc2c(cc1OC)CC(C)O2)NC1CCN(CC(N)=O)CC1.I. The number of ether oxygens (including phenoxy) is 2. The number of nitrogens with one attached hydrogen (secondary N) is 2. The number of hydrogen-bond donors (Lipinski definition) is 3. The lowest BCUT2D eigenvalue weighted by Crippen LogP contribution is -2.49. The molecule has 3 rings (SSSR count). The van der Waals surface area contributed by atoms with Crippen LogP contribution in [0.5, 0.6) is 11.5 Å². The molecule has 2 aliphatic heterocycles. The molecule has 4 N–H and O–H groups in total. The van der Waals surface area contributed by atoms with E-state index in [-0.39, 0.29) is 36.0 Å². The highest BCUT2D eigenvalue weighted by Crippen LogP contribution is 2.34. The zero-order valence-electron chi connectivity index (χ0n) is 17.4. The fourth-order valence-corrected chi connectivity index (χ4v) is 3.83. The summed E-state index contributed by atoms with van der Waals surface area (Å²) in [5.41, 5.74) is 7.51. The van der Waals surface area contributed by atoms with Crippen molar-refractivity contribution in [1.29, 1.82) is 0 Å². The number of methoxy groups -OCH3 is 1. The minimum absolute atomic E-state index is 0. The molecule has 9 heteroatoms. The van der Waals surface area contributed by atoms with E-state index in [9.17, 15) is 4.79 Å². The van der Waals surface area contributed by atoms with E-state index in [0.29, 0.717) is 19.1 Å².